The van der Waals surface area contributed by atoms with Crippen LogP contribution >= 0.6 is 0 Å². The summed E-state index contributed by atoms with van der Waals surface area (Å²) in [6, 6.07) is 4.42. The molecule has 3 aromatic heterocycles. The van der Waals surface area contributed by atoms with Crippen LogP contribution in [0.5, 0.6) is 5.88 Å². The van der Waals surface area contributed by atoms with Crippen molar-refractivity contribution in [3.05, 3.63) is 41.9 Å². The molecule has 0 spiro atoms. The molecule has 0 aliphatic carbocycles. The second-order valence-electron chi connectivity index (χ2n) is 13.4. The van der Waals surface area contributed by atoms with E-state index in [0.717, 1.165) is 20.3 Å². The van der Waals surface area contributed by atoms with Crippen LogP contribution in [0.15, 0.2) is 35.5 Å². The number of carbonyl (C=O) groups is 1. The van der Waals surface area contributed by atoms with Crippen molar-refractivity contribution >= 4 is 29.8 Å². The zero-order valence-electron chi connectivity index (χ0n) is 26.4. The second kappa shape index (κ2) is 11.2. The van der Waals surface area contributed by atoms with Gasteiger partial charge in [-0.3, -0.25) is 9.48 Å². The fraction of sp³-hybridized carbons (Fsp3) is 0.571. The van der Waals surface area contributed by atoms with Gasteiger partial charge in [-0.1, -0.05) is 26.6 Å². The number of ether oxygens (including phenoxy) is 1. The molecule has 1 amide bonds. The average Bonchev–Trinajstić information content (AvgIpc) is 3.58. The Balaban J connectivity index is 1.75. The molecule has 0 bridgehead atoms. The lowest BCUT2D eigenvalue weighted by atomic mass is 9.94. The van der Waals surface area contributed by atoms with Crippen LogP contribution in [0.25, 0.3) is 5.82 Å². The van der Waals surface area contributed by atoms with Crippen LogP contribution in [0.4, 0.5) is 19.0 Å². The molecule has 44 heavy (non-hydrogen) atoms. The van der Waals surface area contributed by atoms with E-state index in [-0.39, 0.29) is 38.9 Å². The van der Waals surface area contributed by atoms with Crippen molar-refractivity contribution in [1.82, 2.24) is 29.3 Å². The molecule has 4 rings (SSSR count). The summed E-state index contributed by atoms with van der Waals surface area (Å²) in [4.78, 5) is 20.5. The van der Waals surface area contributed by atoms with E-state index in [4.69, 9.17) is 9.72 Å². The molecular weight excluding hydrogens is 616 g/mol. The maximum atomic E-state index is 13.7. The summed E-state index contributed by atoms with van der Waals surface area (Å²) in [6.07, 6.45) is -0.772. The van der Waals surface area contributed by atoms with Crippen molar-refractivity contribution in [2.75, 3.05) is 18.1 Å². The Morgan fingerprint density at radius 1 is 1.18 bits per heavy atom. The average molecular weight is 656 g/mol. The number of rotatable bonds is 9. The van der Waals surface area contributed by atoms with Gasteiger partial charge in [0.1, 0.15) is 17.3 Å². The maximum absolute atomic E-state index is 13.7. The summed E-state index contributed by atoms with van der Waals surface area (Å²) in [5, 5.41) is 8.01. The highest BCUT2D eigenvalue weighted by molar-refractivity contribution is 7.90. The number of pyridine rings is 1. The number of carbonyl (C=O) groups excluding carboxylic acids is 1. The topological polar surface area (TPSA) is 124 Å². The molecule has 1 N–H and O–H groups in total. The van der Waals surface area contributed by atoms with Crippen LogP contribution in [-0.4, -0.2) is 71.4 Å². The Bertz CT molecular complexity index is 1660. The Morgan fingerprint density at radius 2 is 1.84 bits per heavy atom. The smallest absolute Gasteiger partial charge is 0.397 e. The molecule has 2 atom stereocenters. The number of hydrogen-bond acceptors (Lipinski definition) is 8. The standard InChI is InChI=1S/C28H40F3N7O4SSi/c1-18-14-27(5,44(7,8)9)37(15-18)24-20(25(39)35-43(40,41)21-16-36(6)33-19(21)2)10-11-22(32-24)38-13-12-23(34-38)42-17-26(3,4)28(29,30)31/h10-13,16,18H,14-15,17H2,1-9H3,(H,35,39)/t18-,27?/m0/s1. The van der Waals surface area contributed by atoms with E-state index < -0.39 is 42.2 Å². The molecule has 1 unspecified atom stereocenters. The lowest BCUT2D eigenvalue weighted by Gasteiger charge is -2.45. The van der Waals surface area contributed by atoms with E-state index in [1.807, 2.05) is 0 Å². The molecule has 1 aliphatic rings. The lowest BCUT2D eigenvalue weighted by molar-refractivity contribution is -0.219. The molecule has 1 aliphatic heterocycles. The number of sulfonamides is 1. The third kappa shape index (κ3) is 6.36. The zero-order chi connectivity index (χ0) is 33.0. The van der Waals surface area contributed by atoms with Crippen LogP contribution in [-0.2, 0) is 17.1 Å². The van der Waals surface area contributed by atoms with Crippen molar-refractivity contribution in [3.8, 4) is 11.7 Å². The van der Waals surface area contributed by atoms with Crippen LogP contribution in [0.2, 0.25) is 19.6 Å². The molecule has 1 saturated heterocycles. The first kappa shape index (κ1) is 33.5. The van der Waals surface area contributed by atoms with Crippen molar-refractivity contribution in [2.45, 2.75) is 76.9 Å². The summed E-state index contributed by atoms with van der Waals surface area (Å²) in [5.74, 6) is -0.0177. The molecule has 11 nitrogen and oxygen atoms in total. The van der Waals surface area contributed by atoms with E-state index in [0.29, 0.717) is 12.4 Å². The normalized spacial score (nSPS) is 19.8. The number of anilines is 1. The third-order valence-electron chi connectivity index (χ3n) is 8.44. The number of halogens is 3. The fourth-order valence-corrected chi connectivity index (χ4v) is 8.42. The predicted molar refractivity (Wildman–Crippen MR) is 162 cm³/mol. The number of hydrogen-bond donors (Lipinski definition) is 1. The molecule has 242 valence electrons. The van der Waals surface area contributed by atoms with Crippen molar-refractivity contribution in [2.24, 2.45) is 18.4 Å². The van der Waals surface area contributed by atoms with E-state index in [1.165, 1.54) is 46.9 Å². The van der Waals surface area contributed by atoms with Gasteiger partial charge in [0, 0.05) is 37.2 Å². The van der Waals surface area contributed by atoms with Crippen LogP contribution in [0, 0.1) is 18.3 Å². The highest BCUT2D eigenvalue weighted by Crippen LogP contribution is 2.43. The number of aryl methyl sites for hydroxylation is 2. The summed E-state index contributed by atoms with van der Waals surface area (Å²) in [5.41, 5.74) is -1.77. The predicted octanol–water partition coefficient (Wildman–Crippen LogP) is 4.88. The summed E-state index contributed by atoms with van der Waals surface area (Å²) in [6.45, 7) is 14.6. The first-order chi connectivity index (χ1) is 20.1. The van der Waals surface area contributed by atoms with Crippen LogP contribution < -0.4 is 14.4 Å². The summed E-state index contributed by atoms with van der Waals surface area (Å²) < 4.78 is 76.6. The monoisotopic (exact) mass is 655 g/mol. The number of amides is 1. The van der Waals surface area contributed by atoms with Crippen LogP contribution in [0.1, 0.15) is 50.2 Å². The minimum Gasteiger partial charge on any atom is -0.476 e. The lowest BCUT2D eigenvalue weighted by Crippen LogP contribution is -2.59. The molecule has 0 radical (unpaired) electrons. The summed E-state index contributed by atoms with van der Waals surface area (Å²) >= 11 is 0. The number of nitrogens with zero attached hydrogens (tertiary/aromatic N) is 6. The van der Waals surface area contributed by atoms with Crippen molar-refractivity contribution in [1.29, 1.82) is 0 Å². The molecule has 0 aromatic carbocycles. The minimum absolute atomic E-state index is 0.0211. The van der Waals surface area contributed by atoms with Crippen molar-refractivity contribution < 1.29 is 31.1 Å². The third-order valence-corrected chi connectivity index (χ3v) is 13.6. The minimum atomic E-state index is -4.46. The van der Waals surface area contributed by atoms with Gasteiger partial charge in [0.2, 0.25) is 5.88 Å². The molecule has 16 heteroatoms. The van der Waals surface area contributed by atoms with Gasteiger partial charge in [0.25, 0.3) is 15.9 Å². The van der Waals surface area contributed by atoms with Gasteiger partial charge in [-0.2, -0.15) is 18.3 Å². The first-order valence-corrected chi connectivity index (χ1v) is 19.2. The SMILES string of the molecule is Cc1nn(C)cc1S(=O)(=O)NC(=O)c1ccc(-n2ccc(OCC(C)(C)C(F)(F)F)n2)nc1N1C[C@@H](C)CC1(C)[Si](C)(C)C. The van der Waals surface area contributed by atoms with Gasteiger partial charge in [-0.15, -0.1) is 5.10 Å². The van der Waals surface area contributed by atoms with E-state index >= 15 is 0 Å². The Morgan fingerprint density at radius 3 is 2.41 bits per heavy atom. The first-order valence-electron chi connectivity index (χ1n) is 14.2. The largest absolute Gasteiger partial charge is 0.476 e. The fourth-order valence-electron chi connectivity index (χ4n) is 5.27. The van der Waals surface area contributed by atoms with Gasteiger partial charge < -0.3 is 9.64 Å². The maximum Gasteiger partial charge on any atom is 0.397 e. The van der Waals surface area contributed by atoms with E-state index in [9.17, 15) is 26.4 Å². The van der Waals surface area contributed by atoms with Crippen LogP contribution in [0.3, 0.4) is 0 Å². The number of nitrogens with one attached hydrogen (secondary N) is 1. The van der Waals surface area contributed by atoms with Gasteiger partial charge >= 0.3 is 6.18 Å². The number of alkyl halides is 3. The van der Waals surface area contributed by atoms with E-state index in [1.54, 1.807) is 7.05 Å². The molecule has 3 aromatic rings. The van der Waals surface area contributed by atoms with Crippen molar-refractivity contribution in [3.63, 3.8) is 0 Å². The molecule has 4 heterocycles. The highest BCUT2D eigenvalue weighted by atomic mass is 32.2. The highest BCUT2D eigenvalue weighted by Gasteiger charge is 2.51. The van der Waals surface area contributed by atoms with E-state index in [2.05, 4.69) is 53.3 Å². The zero-order valence-corrected chi connectivity index (χ0v) is 28.3. The van der Waals surface area contributed by atoms with Gasteiger partial charge in [0.05, 0.1) is 24.7 Å². The van der Waals surface area contributed by atoms with Gasteiger partial charge in [-0.05, 0) is 52.2 Å². The second-order valence-corrected chi connectivity index (χ2v) is 20.7. The molecule has 0 saturated carbocycles. The molecular formula is C28H40F3N7O4SSi. The number of aromatic nitrogens is 5. The molecule has 1 fully saturated rings. The Hall–Kier alpha value is -3.40. The van der Waals surface area contributed by atoms with Gasteiger partial charge in [0.15, 0.2) is 5.82 Å². The quantitative estimate of drug-likeness (QED) is 0.324. The summed E-state index contributed by atoms with van der Waals surface area (Å²) in [7, 11) is -4.61. The van der Waals surface area contributed by atoms with Gasteiger partial charge in [-0.25, -0.2) is 22.8 Å². The Kier molecular flexibility index (Phi) is 8.52. The Labute approximate surface area is 256 Å².